The zero-order chi connectivity index (χ0) is 15.9. The monoisotopic (exact) mass is 316 g/mol. The van der Waals surface area contributed by atoms with Crippen LogP contribution in [0.15, 0.2) is 18.2 Å². The molecular weight excluding hydrogens is 295 g/mol. The van der Waals surface area contributed by atoms with E-state index in [0.29, 0.717) is 13.0 Å². The van der Waals surface area contributed by atoms with Crippen LogP contribution >= 0.6 is 11.6 Å². The topological polar surface area (TPSA) is 61.4 Å². The van der Waals surface area contributed by atoms with Crippen molar-refractivity contribution in [2.75, 3.05) is 18.5 Å². The minimum Gasteiger partial charge on any atom is -0.396 e. The summed E-state index contributed by atoms with van der Waals surface area (Å²) in [4.78, 5) is 11.9. The maximum atomic E-state index is 13.7. The molecule has 0 aliphatic rings. The molecule has 4 nitrogen and oxygen atoms in total. The molecule has 0 aromatic heterocycles. The summed E-state index contributed by atoms with van der Waals surface area (Å²) < 4.78 is 13.7. The number of carbonyl (C=O) groups is 1. The molecular formula is C15H22ClFN2O2. The number of hydrogen-bond acceptors (Lipinski definition) is 2. The third kappa shape index (κ3) is 4.86. The van der Waals surface area contributed by atoms with Crippen LogP contribution in [0.5, 0.6) is 0 Å². The van der Waals surface area contributed by atoms with E-state index >= 15 is 0 Å². The van der Waals surface area contributed by atoms with Crippen molar-refractivity contribution in [3.05, 3.63) is 29.0 Å². The molecule has 1 aromatic carbocycles. The summed E-state index contributed by atoms with van der Waals surface area (Å²) in [5.41, 5.74) is -0.0975. The van der Waals surface area contributed by atoms with Crippen molar-refractivity contribution in [2.24, 2.45) is 5.41 Å². The number of nitrogens with one attached hydrogen (secondary N) is 2. The van der Waals surface area contributed by atoms with Crippen molar-refractivity contribution in [3.8, 4) is 0 Å². The highest BCUT2D eigenvalue weighted by molar-refractivity contribution is 6.31. The first-order valence-corrected chi connectivity index (χ1v) is 7.45. The highest BCUT2D eigenvalue weighted by atomic mass is 35.5. The Kier molecular flexibility index (Phi) is 6.92. The number of halogens is 2. The summed E-state index contributed by atoms with van der Waals surface area (Å²) in [7, 11) is 0. The summed E-state index contributed by atoms with van der Waals surface area (Å²) in [5, 5.41) is 14.3. The van der Waals surface area contributed by atoms with E-state index in [1.54, 1.807) is 6.07 Å². The zero-order valence-electron chi connectivity index (χ0n) is 12.4. The van der Waals surface area contributed by atoms with Gasteiger partial charge in [0.15, 0.2) is 5.82 Å². The summed E-state index contributed by atoms with van der Waals surface area (Å²) >= 11 is 5.66. The Labute approximate surface area is 129 Å². The van der Waals surface area contributed by atoms with E-state index in [0.717, 1.165) is 12.8 Å². The number of benzene rings is 1. The van der Waals surface area contributed by atoms with E-state index in [1.165, 1.54) is 12.1 Å². The molecule has 0 saturated carbocycles. The smallest absolute Gasteiger partial charge is 0.319 e. The van der Waals surface area contributed by atoms with Gasteiger partial charge >= 0.3 is 6.03 Å². The Balaban J connectivity index is 2.63. The van der Waals surface area contributed by atoms with Gasteiger partial charge in [-0.15, -0.1) is 0 Å². The zero-order valence-corrected chi connectivity index (χ0v) is 13.1. The van der Waals surface area contributed by atoms with Crippen molar-refractivity contribution >= 4 is 23.3 Å². The molecule has 21 heavy (non-hydrogen) atoms. The summed E-state index contributed by atoms with van der Waals surface area (Å²) in [6, 6.07) is 3.94. The summed E-state index contributed by atoms with van der Waals surface area (Å²) in [5.74, 6) is -0.651. The van der Waals surface area contributed by atoms with E-state index in [-0.39, 0.29) is 22.7 Å². The Hall–Kier alpha value is -1.33. The van der Waals surface area contributed by atoms with Gasteiger partial charge in [0.05, 0.1) is 10.7 Å². The largest absolute Gasteiger partial charge is 0.396 e. The highest BCUT2D eigenvalue weighted by Gasteiger charge is 2.26. The molecule has 0 saturated heterocycles. The molecule has 0 unspecified atom stereocenters. The number of urea groups is 1. The first kappa shape index (κ1) is 17.7. The second-order valence-corrected chi connectivity index (χ2v) is 5.50. The average Bonchev–Trinajstić information content (AvgIpc) is 2.48. The van der Waals surface area contributed by atoms with Crippen molar-refractivity contribution in [1.82, 2.24) is 5.32 Å². The van der Waals surface area contributed by atoms with Crippen LogP contribution < -0.4 is 10.6 Å². The van der Waals surface area contributed by atoms with Gasteiger partial charge in [0, 0.05) is 13.2 Å². The fraction of sp³-hybridized carbons (Fsp3) is 0.533. The maximum Gasteiger partial charge on any atom is 0.319 e. The van der Waals surface area contributed by atoms with Crippen molar-refractivity contribution in [2.45, 2.75) is 33.1 Å². The quantitative estimate of drug-likeness (QED) is 0.716. The Morgan fingerprint density at radius 2 is 2.05 bits per heavy atom. The van der Waals surface area contributed by atoms with Gasteiger partial charge in [-0.1, -0.05) is 31.5 Å². The molecule has 0 atom stereocenters. The summed E-state index contributed by atoms with van der Waals surface area (Å²) in [6.45, 7) is 4.55. The fourth-order valence-electron chi connectivity index (χ4n) is 2.21. The lowest BCUT2D eigenvalue weighted by Crippen LogP contribution is -2.39. The average molecular weight is 317 g/mol. The third-order valence-corrected chi connectivity index (χ3v) is 4.26. The number of amides is 2. The molecule has 1 aromatic rings. The van der Waals surface area contributed by atoms with Crippen LogP contribution in [0, 0.1) is 11.2 Å². The number of carbonyl (C=O) groups excluding carboxylic acids is 1. The second kappa shape index (κ2) is 8.20. The Morgan fingerprint density at radius 1 is 1.38 bits per heavy atom. The van der Waals surface area contributed by atoms with Crippen molar-refractivity contribution < 1.29 is 14.3 Å². The first-order chi connectivity index (χ1) is 9.98. The number of aliphatic hydroxyl groups is 1. The standard InChI is InChI=1S/C15H22ClFN2O2/c1-3-15(4-2,8-9-20)10-18-14(21)19-12-7-5-6-11(16)13(12)17/h5-7,20H,3-4,8-10H2,1-2H3,(H2,18,19,21). The minimum absolute atomic E-state index is 0.0375. The Morgan fingerprint density at radius 3 is 2.62 bits per heavy atom. The molecule has 2 amide bonds. The maximum absolute atomic E-state index is 13.7. The van der Waals surface area contributed by atoms with Gasteiger partial charge in [-0.3, -0.25) is 0 Å². The molecule has 1 rings (SSSR count). The van der Waals surface area contributed by atoms with Crippen LogP contribution in [-0.2, 0) is 0 Å². The van der Waals surface area contributed by atoms with Gasteiger partial charge in [0.2, 0.25) is 0 Å². The van der Waals surface area contributed by atoms with Gasteiger partial charge in [-0.25, -0.2) is 9.18 Å². The number of aliphatic hydroxyl groups excluding tert-OH is 1. The second-order valence-electron chi connectivity index (χ2n) is 5.09. The molecule has 0 bridgehead atoms. The van der Waals surface area contributed by atoms with Crippen LogP contribution in [0.2, 0.25) is 5.02 Å². The predicted octanol–water partition coefficient (Wildman–Crippen LogP) is 3.79. The molecule has 118 valence electrons. The van der Waals surface area contributed by atoms with E-state index in [9.17, 15) is 9.18 Å². The van der Waals surface area contributed by atoms with Crippen molar-refractivity contribution in [3.63, 3.8) is 0 Å². The lowest BCUT2D eigenvalue weighted by Gasteiger charge is -2.31. The van der Waals surface area contributed by atoms with E-state index < -0.39 is 11.8 Å². The van der Waals surface area contributed by atoms with E-state index in [1.807, 2.05) is 13.8 Å². The van der Waals surface area contributed by atoms with Gasteiger partial charge < -0.3 is 15.7 Å². The van der Waals surface area contributed by atoms with E-state index in [4.69, 9.17) is 16.7 Å². The van der Waals surface area contributed by atoms with E-state index in [2.05, 4.69) is 10.6 Å². The molecule has 0 fully saturated rings. The fourth-order valence-corrected chi connectivity index (χ4v) is 2.39. The molecule has 0 aliphatic heterocycles. The number of hydrogen-bond donors (Lipinski definition) is 3. The minimum atomic E-state index is -0.651. The van der Waals surface area contributed by atoms with Crippen LogP contribution in [0.1, 0.15) is 33.1 Å². The number of rotatable bonds is 7. The Bertz CT molecular complexity index is 479. The molecule has 0 radical (unpaired) electrons. The highest BCUT2D eigenvalue weighted by Crippen LogP contribution is 2.29. The lowest BCUT2D eigenvalue weighted by molar-refractivity contribution is 0.165. The molecule has 0 spiro atoms. The van der Waals surface area contributed by atoms with Crippen LogP contribution in [-0.4, -0.2) is 24.3 Å². The predicted molar refractivity (Wildman–Crippen MR) is 83.1 cm³/mol. The number of anilines is 1. The van der Waals surface area contributed by atoms with Crippen LogP contribution in [0.3, 0.4) is 0 Å². The van der Waals surface area contributed by atoms with Crippen LogP contribution in [0.25, 0.3) is 0 Å². The molecule has 0 aliphatic carbocycles. The third-order valence-electron chi connectivity index (χ3n) is 3.97. The van der Waals surface area contributed by atoms with Crippen molar-refractivity contribution in [1.29, 1.82) is 0 Å². The molecule has 6 heteroatoms. The van der Waals surface area contributed by atoms with Gasteiger partial charge in [-0.2, -0.15) is 0 Å². The van der Waals surface area contributed by atoms with Crippen LogP contribution in [0.4, 0.5) is 14.9 Å². The normalized spacial score (nSPS) is 11.3. The lowest BCUT2D eigenvalue weighted by atomic mass is 9.79. The molecule has 0 heterocycles. The van der Waals surface area contributed by atoms with Gasteiger partial charge in [0.25, 0.3) is 0 Å². The summed E-state index contributed by atoms with van der Waals surface area (Å²) in [6.07, 6.45) is 2.30. The molecule has 3 N–H and O–H groups in total. The first-order valence-electron chi connectivity index (χ1n) is 7.07. The van der Waals surface area contributed by atoms with Gasteiger partial charge in [0.1, 0.15) is 0 Å². The van der Waals surface area contributed by atoms with Gasteiger partial charge in [-0.05, 0) is 36.8 Å². The SMILES string of the molecule is CCC(CC)(CCO)CNC(=O)Nc1cccc(Cl)c1F.